The van der Waals surface area contributed by atoms with Crippen molar-refractivity contribution in [2.75, 3.05) is 5.32 Å². The van der Waals surface area contributed by atoms with Crippen LogP contribution in [0.15, 0.2) is 17.1 Å². The number of nitrogens with one attached hydrogen (secondary N) is 2. The van der Waals surface area contributed by atoms with Crippen molar-refractivity contribution in [1.82, 2.24) is 15.2 Å². The van der Waals surface area contributed by atoms with Gasteiger partial charge in [-0.1, -0.05) is 13.8 Å². The van der Waals surface area contributed by atoms with Gasteiger partial charge in [0.15, 0.2) is 0 Å². The molecular formula is C15H19N5O3. The zero-order valence-electron chi connectivity index (χ0n) is 13.3. The number of hydrogen-bond donors (Lipinski definition) is 2. The molecule has 0 aliphatic heterocycles. The highest BCUT2D eigenvalue weighted by atomic mass is 16.6. The molecule has 0 aromatic carbocycles. The molecule has 8 nitrogen and oxygen atoms in total. The summed E-state index contributed by atoms with van der Waals surface area (Å²) >= 11 is 0. The molecule has 0 radical (unpaired) electrons. The van der Waals surface area contributed by atoms with Crippen molar-refractivity contribution in [3.8, 4) is 0 Å². The molecule has 0 saturated carbocycles. The molecule has 0 bridgehead atoms. The van der Waals surface area contributed by atoms with Crippen LogP contribution in [0, 0.1) is 17.0 Å². The Labute approximate surface area is 133 Å². The molecule has 0 spiro atoms. The monoisotopic (exact) mass is 317 g/mol. The van der Waals surface area contributed by atoms with Crippen LogP contribution in [-0.4, -0.2) is 20.1 Å². The number of nitro groups is 1. The second kappa shape index (κ2) is 6.99. The number of rotatable bonds is 6. The Kier molecular flexibility index (Phi) is 5.05. The number of nitrogens with zero attached hydrogens (tertiary/aromatic N) is 3. The average Bonchev–Trinajstić information content (AvgIpc) is 2.54. The Morgan fingerprint density at radius 3 is 2.61 bits per heavy atom. The first-order chi connectivity index (χ1) is 11.0. The van der Waals surface area contributed by atoms with Gasteiger partial charge in [-0.25, -0.2) is 10.1 Å². The predicted molar refractivity (Wildman–Crippen MR) is 86.6 cm³/mol. The van der Waals surface area contributed by atoms with Crippen molar-refractivity contribution >= 4 is 11.5 Å². The lowest BCUT2D eigenvalue weighted by molar-refractivity contribution is -0.385. The van der Waals surface area contributed by atoms with E-state index in [1.165, 1.54) is 12.3 Å². The summed E-state index contributed by atoms with van der Waals surface area (Å²) in [5.74, 6) is 0.520. The summed E-state index contributed by atoms with van der Waals surface area (Å²) in [7, 11) is 0. The van der Waals surface area contributed by atoms with Gasteiger partial charge in [0.05, 0.1) is 10.6 Å². The fourth-order valence-corrected chi connectivity index (χ4v) is 2.48. The molecule has 8 heteroatoms. The molecule has 2 aromatic rings. The van der Waals surface area contributed by atoms with Crippen molar-refractivity contribution < 1.29 is 4.92 Å². The minimum atomic E-state index is -0.486. The fraction of sp³-hybridized carbons (Fsp3) is 0.400. The van der Waals surface area contributed by atoms with Gasteiger partial charge < -0.3 is 5.32 Å². The Morgan fingerprint density at radius 2 is 2.04 bits per heavy atom. The van der Waals surface area contributed by atoms with Gasteiger partial charge in [0.25, 0.3) is 11.2 Å². The van der Waals surface area contributed by atoms with Gasteiger partial charge in [-0.15, -0.1) is 0 Å². The number of anilines is 1. The van der Waals surface area contributed by atoms with Gasteiger partial charge in [0, 0.05) is 18.2 Å². The van der Waals surface area contributed by atoms with Crippen molar-refractivity contribution in [2.45, 2.75) is 40.2 Å². The van der Waals surface area contributed by atoms with Crippen LogP contribution < -0.4 is 10.9 Å². The maximum absolute atomic E-state index is 12.0. The van der Waals surface area contributed by atoms with Crippen LogP contribution >= 0.6 is 0 Å². The third kappa shape index (κ3) is 3.53. The molecule has 0 aliphatic carbocycles. The molecule has 0 atom stereocenters. The number of H-pyrrole nitrogens is 1. The highest BCUT2D eigenvalue weighted by molar-refractivity contribution is 5.48. The minimum absolute atomic E-state index is 0.0580. The molecule has 2 aromatic heterocycles. The zero-order valence-corrected chi connectivity index (χ0v) is 13.3. The lowest BCUT2D eigenvalue weighted by Gasteiger charge is -2.12. The van der Waals surface area contributed by atoms with Crippen LogP contribution in [0.25, 0.3) is 0 Å². The van der Waals surface area contributed by atoms with E-state index in [9.17, 15) is 14.9 Å². The quantitative estimate of drug-likeness (QED) is 0.623. The first-order valence-electron chi connectivity index (χ1n) is 7.42. The van der Waals surface area contributed by atoms with Crippen LogP contribution in [0.4, 0.5) is 11.5 Å². The lowest BCUT2D eigenvalue weighted by Crippen LogP contribution is -2.22. The maximum atomic E-state index is 12.0. The van der Waals surface area contributed by atoms with E-state index in [1.807, 2.05) is 13.8 Å². The van der Waals surface area contributed by atoms with Gasteiger partial charge in [-0.3, -0.25) is 14.9 Å². The van der Waals surface area contributed by atoms with Gasteiger partial charge in [0.2, 0.25) is 0 Å². The largest absolute Gasteiger partial charge is 0.366 e. The van der Waals surface area contributed by atoms with E-state index in [4.69, 9.17) is 0 Å². The standard InChI is InChI=1S/C15H19N5O3/c1-4-11-12(15(21)19-18-13(11)5-2)8-17-14-9(3)6-10(7-16-14)20(22)23/h6-7H,4-5,8H2,1-3H3,(H,16,17)(H,19,21). The van der Waals surface area contributed by atoms with Crippen LogP contribution in [0.1, 0.15) is 36.2 Å². The third-order valence-electron chi connectivity index (χ3n) is 3.67. The summed E-state index contributed by atoms with van der Waals surface area (Å²) in [6.45, 7) is 5.99. The number of hydrogen-bond acceptors (Lipinski definition) is 6. The smallest absolute Gasteiger partial charge is 0.287 e. The Bertz CT molecular complexity index is 785. The highest BCUT2D eigenvalue weighted by Gasteiger charge is 2.13. The molecule has 0 aliphatic rings. The van der Waals surface area contributed by atoms with Crippen LogP contribution in [0.2, 0.25) is 0 Å². The molecule has 122 valence electrons. The number of aromatic nitrogens is 3. The molecule has 2 heterocycles. The van der Waals surface area contributed by atoms with Crippen molar-refractivity contribution in [2.24, 2.45) is 0 Å². The van der Waals surface area contributed by atoms with E-state index >= 15 is 0 Å². The topological polar surface area (TPSA) is 114 Å². The second-order valence-electron chi connectivity index (χ2n) is 5.13. The first kappa shape index (κ1) is 16.6. The second-order valence-corrected chi connectivity index (χ2v) is 5.13. The SMILES string of the molecule is CCc1n[nH]c(=O)c(CNc2ncc([N+](=O)[O-])cc2C)c1CC. The Balaban J connectivity index is 2.28. The number of pyridine rings is 1. The van der Waals surface area contributed by atoms with Crippen molar-refractivity contribution in [3.05, 3.63) is 55.1 Å². The van der Waals surface area contributed by atoms with E-state index in [0.29, 0.717) is 29.9 Å². The molecule has 2 N–H and O–H groups in total. The van der Waals surface area contributed by atoms with E-state index in [2.05, 4.69) is 20.5 Å². The van der Waals surface area contributed by atoms with E-state index < -0.39 is 4.92 Å². The third-order valence-corrected chi connectivity index (χ3v) is 3.67. The number of aromatic amines is 1. The summed E-state index contributed by atoms with van der Waals surface area (Å²) < 4.78 is 0. The molecule has 0 fully saturated rings. The molecule has 23 heavy (non-hydrogen) atoms. The maximum Gasteiger partial charge on any atom is 0.287 e. The molecular weight excluding hydrogens is 298 g/mol. The predicted octanol–water partition coefficient (Wildman–Crippen LogP) is 2.12. The molecule has 0 saturated heterocycles. The van der Waals surface area contributed by atoms with Crippen LogP contribution in [0.3, 0.4) is 0 Å². The van der Waals surface area contributed by atoms with Gasteiger partial charge in [-0.05, 0) is 30.9 Å². The highest BCUT2D eigenvalue weighted by Crippen LogP contribution is 2.19. The van der Waals surface area contributed by atoms with Crippen molar-refractivity contribution in [1.29, 1.82) is 0 Å². The molecule has 0 unspecified atom stereocenters. The van der Waals surface area contributed by atoms with Crippen LogP contribution in [0.5, 0.6) is 0 Å². The summed E-state index contributed by atoms with van der Waals surface area (Å²) in [6, 6.07) is 1.45. The lowest BCUT2D eigenvalue weighted by atomic mass is 10.0. The summed E-state index contributed by atoms with van der Waals surface area (Å²) in [5.41, 5.74) is 2.79. The normalized spacial score (nSPS) is 10.6. The van der Waals surface area contributed by atoms with Crippen molar-refractivity contribution in [3.63, 3.8) is 0 Å². The van der Waals surface area contributed by atoms with Crippen LogP contribution in [-0.2, 0) is 19.4 Å². The summed E-state index contributed by atoms with van der Waals surface area (Å²) in [4.78, 5) is 26.4. The Morgan fingerprint density at radius 1 is 1.30 bits per heavy atom. The summed E-state index contributed by atoms with van der Waals surface area (Å²) in [6.07, 6.45) is 2.65. The van der Waals surface area contributed by atoms with Gasteiger partial charge in [0.1, 0.15) is 12.0 Å². The van der Waals surface area contributed by atoms with Gasteiger partial charge >= 0.3 is 0 Å². The average molecular weight is 317 g/mol. The van der Waals surface area contributed by atoms with Gasteiger partial charge in [-0.2, -0.15) is 5.10 Å². The Hall–Kier alpha value is -2.77. The fourth-order valence-electron chi connectivity index (χ4n) is 2.48. The van der Waals surface area contributed by atoms with E-state index in [0.717, 1.165) is 17.7 Å². The molecule has 0 amide bonds. The molecule has 2 rings (SSSR count). The van der Waals surface area contributed by atoms with E-state index in [1.54, 1.807) is 6.92 Å². The first-order valence-corrected chi connectivity index (χ1v) is 7.42. The summed E-state index contributed by atoms with van der Waals surface area (Å²) in [5, 5.41) is 20.4. The zero-order chi connectivity index (χ0) is 17.0. The van der Waals surface area contributed by atoms with E-state index in [-0.39, 0.29) is 11.2 Å². The minimum Gasteiger partial charge on any atom is -0.366 e. The number of aryl methyl sites for hydroxylation is 2.